The van der Waals surface area contributed by atoms with E-state index in [2.05, 4.69) is 7.13 Å². The van der Waals surface area contributed by atoms with Crippen LogP contribution in [0.1, 0.15) is 0 Å². The van der Waals surface area contributed by atoms with Crippen molar-refractivity contribution in [2.24, 2.45) is 0 Å². The number of hydrogen-bond acceptors (Lipinski definition) is 4. The van der Waals surface area contributed by atoms with E-state index in [1.807, 2.05) is 0 Å². The van der Waals surface area contributed by atoms with Gasteiger partial charge in [0.25, 0.3) is 0 Å². The number of halogens is 10. The Balaban J connectivity index is 1.92. The molecule has 0 saturated heterocycles. The topological polar surface area (TPSA) is 36.9 Å². The van der Waals surface area contributed by atoms with Crippen molar-refractivity contribution in [3.63, 3.8) is 0 Å². The number of benzene rings is 2. The van der Waals surface area contributed by atoms with Gasteiger partial charge in [0.05, 0.1) is 0 Å². The normalized spacial score (nSPS) is 10.5. The Hall–Kier alpha value is -1.43. The first-order valence-corrected chi connectivity index (χ1v) is 12.3. The van der Waals surface area contributed by atoms with Crippen LogP contribution in [0.3, 0.4) is 0 Å². The molecule has 2 aromatic rings. The third-order valence-corrected chi connectivity index (χ3v) is 7.60. The molecule has 4 nitrogen and oxygen atoms in total. The van der Waals surface area contributed by atoms with Crippen molar-refractivity contribution in [1.29, 1.82) is 0 Å². The molecule has 0 aliphatic heterocycles. The predicted molar refractivity (Wildman–Crippen MR) is 67.5 cm³/mol. The predicted octanol–water partition coefficient (Wildman–Crippen LogP) is 4.51. The van der Waals surface area contributed by atoms with Crippen molar-refractivity contribution in [1.82, 2.24) is 0 Å². The number of hydrogen-bond donors (Lipinski definition) is 0. The van der Waals surface area contributed by atoms with Crippen LogP contribution < -0.4 is 7.13 Å². The second-order valence-electron chi connectivity index (χ2n) is 5.22. The van der Waals surface area contributed by atoms with Gasteiger partial charge in [-0.2, -0.15) is 0 Å². The van der Waals surface area contributed by atoms with Gasteiger partial charge in [0.15, 0.2) is 0 Å². The first kappa shape index (κ1) is 24.8. The van der Waals surface area contributed by atoms with E-state index in [0.717, 1.165) is 6.82 Å². The zero-order chi connectivity index (χ0) is 22.7. The molecule has 2 aromatic carbocycles. The van der Waals surface area contributed by atoms with Crippen molar-refractivity contribution < 1.29 is 93.7 Å². The van der Waals surface area contributed by atoms with Gasteiger partial charge in [-0.05, 0) is 0 Å². The molecule has 0 aliphatic carbocycles. The average Bonchev–Trinajstić information content (AvgIpc) is 2.72. The molecule has 156 valence electrons. The van der Waals surface area contributed by atoms with Crippen LogP contribution in [0.2, 0.25) is 6.82 Å². The molecule has 0 amide bonds. The van der Waals surface area contributed by atoms with Crippen LogP contribution in [0.5, 0.6) is 11.5 Å². The molecule has 0 spiro atoms. The Morgan fingerprint density at radius 1 is 0.467 bits per heavy atom. The zero-order valence-electron chi connectivity index (χ0n) is 14.4. The molecular weight excluding hydrogens is 552 g/mol. The van der Waals surface area contributed by atoms with Crippen LogP contribution in [0, 0.1) is 58.2 Å². The van der Waals surface area contributed by atoms with Crippen molar-refractivity contribution in [3.05, 3.63) is 58.2 Å². The van der Waals surface area contributed by atoms with Gasteiger partial charge in [-0.1, -0.05) is 0 Å². The summed E-state index contributed by atoms with van der Waals surface area (Å²) in [5.41, 5.74) is 0. The average molecular weight is 555 g/mol. The van der Waals surface area contributed by atoms with Crippen LogP contribution in [0.4, 0.5) is 43.9 Å². The minimum atomic E-state index is -2.93. The summed E-state index contributed by atoms with van der Waals surface area (Å²) in [6.45, 7) is 1.15. The third-order valence-electron chi connectivity index (χ3n) is 3.35. The Labute approximate surface area is 177 Å². The maximum atomic E-state index is 13.4. The first-order valence-electron chi connectivity index (χ1n) is 7.50. The fourth-order valence-electron chi connectivity index (χ4n) is 1.85. The molecule has 30 heavy (non-hydrogen) atoms. The van der Waals surface area contributed by atoms with E-state index in [9.17, 15) is 43.9 Å². The third kappa shape index (κ3) is 5.06. The SMILES string of the molecule is CB([O][Zn][O]c1c(F)c(F)c(F)c(F)c1F)[O][Zn][O]c1c(F)c(F)c(F)c(F)c1F. The van der Waals surface area contributed by atoms with Gasteiger partial charge in [0.2, 0.25) is 0 Å². The standard InChI is InChI=1S/2C6HF5O.CH3BO2.2Zn/c2*7-1-2(8)4(10)6(12)5(11)3(1)9;1-2(3)4;;/h2*12H;1H3;;/q;;-2;2*+2/p-2. The fourth-order valence-corrected chi connectivity index (χ4v) is 5.75. The molecule has 2 rings (SSSR count). The zero-order valence-corrected chi connectivity index (χ0v) is 20.3. The Bertz CT molecular complexity index is 833. The molecule has 0 N–H and O–H groups in total. The fraction of sp³-hybridized carbons (Fsp3) is 0.0769. The molecule has 0 radical (unpaired) electrons. The van der Waals surface area contributed by atoms with Gasteiger partial charge in [-0.15, -0.1) is 0 Å². The van der Waals surface area contributed by atoms with Crippen molar-refractivity contribution in [2.45, 2.75) is 6.82 Å². The molecule has 0 aromatic heterocycles. The molecule has 0 unspecified atom stereocenters. The molecular formula is C13H3BF10O4Zn2. The van der Waals surface area contributed by atoms with E-state index in [0.29, 0.717) is 0 Å². The second kappa shape index (κ2) is 10.3. The molecule has 0 heterocycles. The molecule has 0 bridgehead atoms. The summed E-state index contributed by atoms with van der Waals surface area (Å²) in [7, 11) is -1.28. The van der Waals surface area contributed by atoms with E-state index in [1.165, 1.54) is 0 Å². The van der Waals surface area contributed by atoms with E-state index in [1.54, 1.807) is 0 Å². The van der Waals surface area contributed by atoms with Gasteiger partial charge in [0, 0.05) is 0 Å². The van der Waals surface area contributed by atoms with Crippen LogP contribution in [-0.4, -0.2) is 7.12 Å². The van der Waals surface area contributed by atoms with Crippen LogP contribution in [-0.2, 0) is 42.7 Å². The van der Waals surface area contributed by atoms with Gasteiger partial charge >= 0.3 is 177 Å². The quantitative estimate of drug-likeness (QED) is 0.208. The van der Waals surface area contributed by atoms with Crippen LogP contribution >= 0.6 is 0 Å². The molecule has 0 saturated carbocycles. The van der Waals surface area contributed by atoms with Gasteiger partial charge in [-0.3, -0.25) is 0 Å². The Morgan fingerprint density at radius 3 is 0.967 bits per heavy atom. The van der Waals surface area contributed by atoms with E-state index in [-0.39, 0.29) is 0 Å². The van der Waals surface area contributed by atoms with Gasteiger partial charge in [0.1, 0.15) is 0 Å². The molecule has 0 atom stereocenters. The summed E-state index contributed by atoms with van der Waals surface area (Å²) < 4.78 is 150. The van der Waals surface area contributed by atoms with E-state index >= 15 is 0 Å². The molecule has 0 aliphatic rings. The maximum absolute atomic E-state index is 13.4. The summed E-state index contributed by atoms with van der Waals surface area (Å²) in [5, 5.41) is 0. The van der Waals surface area contributed by atoms with Crippen LogP contribution in [0.15, 0.2) is 0 Å². The first-order chi connectivity index (χ1) is 14.0. The molecule has 0 fully saturated rings. The van der Waals surface area contributed by atoms with Gasteiger partial charge < -0.3 is 0 Å². The number of rotatable bonds is 8. The van der Waals surface area contributed by atoms with E-state index in [4.69, 9.17) is 6.96 Å². The van der Waals surface area contributed by atoms with E-state index < -0.39 is 112 Å². The summed E-state index contributed by atoms with van der Waals surface area (Å²) >= 11 is -5.85. The molecule has 17 heteroatoms. The minimum absolute atomic E-state index is 1.15. The monoisotopic (exact) mass is 552 g/mol. The second-order valence-corrected chi connectivity index (χ2v) is 8.82. The van der Waals surface area contributed by atoms with Gasteiger partial charge in [-0.25, -0.2) is 0 Å². The summed E-state index contributed by atoms with van der Waals surface area (Å²) in [6, 6.07) is 0. The Morgan fingerprint density at radius 2 is 0.700 bits per heavy atom. The summed E-state index contributed by atoms with van der Waals surface area (Å²) in [5.74, 6) is -25.5. The Kier molecular flexibility index (Phi) is 8.49. The van der Waals surface area contributed by atoms with Crippen LogP contribution in [0.25, 0.3) is 0 Å². The van der Waals surface area contributed by atoms with Crippen molar-refractivity contribution in [3.8, 4) is 11.5 Å². The van der Waals surface area contributed by atoms with Crippen molar-refractivity contribution >= 4 is 7.12 Å². The summed E-state index contributed by atoms with van der Waals surface area (Å²) in [4.78, 5) is 0. The van der Waals surface area contributed by atoms with Crippen molar-refractivity contribution in [2.75, 3.05) is 0 Å². The summed E-state index contributed by atoms with van der Waals surface area (Å²) in [6.07, 6.45) is 0.